The number of para-hydroxylation sites is 1. The van der Waals surface area contributed by atoms with E-state index in [0.717, 1.165) is 0 Å². The number of benzene rings is 1. The predicted molar refractivity (Wildman–Crippen MR) is 88.9 cm³/mol. The fraction of sp³-hybridized carbons (Fsp3) is 0.556. The van der Waals surface area contributed by atoms with Crippen molar-refractivity contribution in [2.24, 2.45) is 5.41 Å². The Kier molecular flexibility index (Phi) is 6.36. The Morgan fingerprint density at radius 2 is 2.12 bits per heavy atom. The van der Waals surface area contributed by atoms with Gasteiger partial charge in [-0.25, -0.2) is 4.39 Å². The zero-order valence-electron chi connectivity index (χ0n) is 14.5. The molecule has 138 valence electrons. The predicted octanol–water partition coefficient (Wildman–Crippen LogP) is 2.32. The summed E-state index contributed by atoms with van der Waals surface area (Å²) < 4.78 is 24.4. The van der Waals surface area contributed by atoms with E-state index < -0.39 is 23.3 Å². The van der Waals surface area contributed by atoms with Crippen molar-refractivity contribution in [3.8, 4) is 5.75 Å². The van der Waals surface area contributed by atoms with Gasteiger partial charge in [0.15, 0.2) is 17.7 Å². The first-order valence-corrected chi connectivity index (χ1v) is 8.36. The number of likely N-dealkylation sites (tertiary alicyclic amines) is 1. The second-order valence-corrected chi connectivity index (χ2v) is 6.33. The van der Waals surface area contributed by atoms with E-state index in [0.29, 0.717) is 25.8 Å². The number of aliphatic carboxylic acids is 1. The maximum atomic E-state index is 13.8. The number of rotatable bonds is 7. The fourth-order valence-electron chi connectivity index (χ4n) is 3.16. The van der Waals surface area contributed by atoms with Crippen LogP contribution >= 0.6 is 0 Å². The minimum absolute atomic E-state index is 0.0149. The van der Waals surface area contributed by atoms with E-state index in [4.69, 9.17) is 9.47 Å². The number of ether oxygens (including phenoxy) is 2. The maximum Gasteiger partial charge on any atom is 0.313 e. The summed E-state index contributed by atoms with van der Waals surface area (Å²) in [7, 11) is 1.45. The number of carbonyl (C=O) groups is 2. The molecule has 1 saturated heterocycles. The molecule has 25 heavy (non-hydrogen) atoms. The van der Waals surface area contributed by atoms with Crippen molar-refractivity contribution in [2.75, 3.05) is 26.8 Å². The highest BCUT2D eigenvalue weighted by atomic mass is 19.1. The van der Waals surface area contributed by atoms with Gasteiger partial charge in [0, 0.05) is 20.2 Å². The van der Waals surface area contributed by atoms with Crippen molar-refractivity contribution in [1.82, 2.24) is 4.90 Å². The molecule has 2 rings (SSSR count). The van der Waals surface area contributed by atoms with Gasteiger partial charge in [-0.15, -0.1) is 0 Å². The number of carboxylic acids is 1. The number of carbonyl (C=O) groups excluding carboxylic acids is 1. The quantitative estimate of drug-likeness (QED) is 0.814. The van der Waals surface area contributed by atoms with Crippen LogP contribution in [0, 0.1) is 11.2 Å². The first-order chi connectivity index (χ1) is 11.9. The van der Waals surface area contributed by atoms with E-state index in [-0.39, 0.29) is 24.8 Å². The molecule has 0 aromatic heterocycles. The van der Waals surface area contributed by atoms with Gasteiger partial charge < -0.3 is 19.5 Å². The van der Waals surface area contributed by atoms with E-state index >= 15 is 0 Å². The van der Waals surface area contributed by atoms with E-state index in [9.17, 15) is 19.1 Å². The number of hydrogen-bond donors (Lipinski definition) is 1. The number of hydrogen-bond acceptors (Lipinski definition) is 4. The average molecular weight is 353 g/mol. The van der Waals surface area contributed by atoms with Crippen LogP contribution in [0.4, 0.5) is 4.39 Å². The van der Waals surface area contributed by atoms with Crippen LogP contribution in [0.25, 0.3) is 0 Å². The Bertz CT molecular complexity index is 619. The summed E-state index contributed by atoms with van der Waals surface area (Å²) in [5, 5.41) is 9.59. The molecule has 1 aromatic carbocycles. The second kappa shape index (κ2) is 8.29. The SMILES string of the molecule is CCC(Oc1ccccc1F)C(=O)N1CCCC(COC)(C(=O)O)C1. The Labute approximate surface area is 146 Å². The van der Waals surface area contributed by atoms with Crippen molar-refractivity contribution in [1.29, 1.82) is 0 Å². The molecular weight excluding hydrogens is 329 g/mol. The van der Waals surface area contributed by atoms with Gasteiger partial charge >= 0.3 is 5.97 Å². The zero-order chi connectivity index (χ0) is 18.4. The molecule has 1 aliphatic heterocycles. The first kappa shape index (κ1) is 19.2. The topological polar surface area (TPSA) is 76.1 Å². The Morgan fingerprint density at radius 1 is 1.40 bits per heavy atom. The molecule has 6 nitrogen and oxygen atoms in total. The fourth-order valence-corrected chi connectivity index (χ4v) is 3.16. The third-order valence-corrected chi connectivity index (χ3v) is 4.51. The molecule has 1 N–H and O–H groups in total. The largest absolute Gasteiger partial charge is 0.481 e. The molecule has 2 atom stereocenters. The van der Waals surface area contributed by atoms with Gasteiger partial charge in [-0.3, -0.25) is 9.59 Å². The number of piperidine rings is 1. The molecule has 1 aliphatic rings. The molecule has 0 radical (unpaired) electrons. The van der Waals surface area contributed by atoms with Crippen molar-refractivity contribution >= 4 is 11.9 Å². The van der Waals surface area contributed by atoms with Crippen LogP contribution in [0.5, 0.6) is 5.75 Å². The molecule has 1 aromatic rings. The molecule has 0 saturated carbocycles. The molecule has 1 heterocycles. The monoisotopic (exact) mass is 353 g/mol. The van der Waals surface area contributed by atoms with Gasteiger partial charge in [0.25, 0.3) is 5.91 Å². The van der Waals surface area contributed by atoms with Crippen molar-refractivity contribution < 1.29 is 28.6 Å². The maximum absolute atomic E-state index is 13.8. The lowest BCUT2D eigenvalue weighted by Gasteiger charge is -2.40. The Balaban J connectivity index is 2.14. The van der Waals surface area contributed by atoms with Crippen LogP contribution in [0.15, 0.2) is 24.3 Å². The van der Waals surface area contributed by atoms with E-state index in [1.54, 1.807) is 19.1 Å². The highest BCUT2D eigenvalue weighted by Gasteiger charge is 2.44. The average Bonchev–Trinajstić information content (AvgIpc) is 2.61. The highest BCUT2D eigenvalue weighted by Crippen LogP contribution is 2.31. The summed E-state index contributed by atoms with van der Waals surface area (Å²) in [6.45, 7) is 2.32. The van der Waals surface area contributed by atoms with Gasteiger partial charge in [0.2, 0.25) is 0 Å². The minimum Gasteiger partial charge on any atom is -0.481 e. The summed E-state index contributed by atoms with van der Waals surface area (Å²) >= 11 is 0. The molecule has 7 heteroatoms. The van der Waals surface area contributed by atoms with E-state index in [1.165, 1.54) is 24.1 Å². The summed E-state index contributed by atoms with van der Waals surface area (Å²) in [4.78, 5) is 26.0. The normalized spacial score (nSPS) is 21.6. The molecule has 2 unspecified atom stereocenters. The Hall–Kier alpha value is -2.15. The van der Waals surface area contributed by atoms with Crippen LogP contribution < -0.4 is 4.74 Å². The molecule has 1 fully saturated rings. The summed E-state index contributed by atoms with van der Waals surface area (Å²) in [6, 6.07) is 5.90. The van der Waals surface area contributed by atoms with Crippen molar-refractivity contribution in [3.63, 3.8) is 0 Å². The molecular formula is C18H24FNO5. The van der Waals surface area contributed by atoms with Gasteiger partial charge in [-0.05, 0) is 31.4 Å². The lowest BCUT2D eigenvalue weighted by molar-refractivity contribution is -0.160. The third kappa shape index (κ3) is 4.28. The number of methoxy groups -OCH3 is 1. The second-order valence-electron chi connectivity index (χ2n) is 6.33. The molecule has 1 amide bonds. The van der Waals surface area contributed by atoms with Crippen molar-refractivity contribution in [2.45, 2.75) is 32.3 Å². The minimum atomic E-state index is -1.11. The van der Waals surface area contributed by atoms with Crippen LogP contribution in [0.1, 0.15) is 26.2 Å². The van der Waals surface area contributed by atoms with Crippen LogP contribution in [0.3, 0.4) is 0 Å². The van der Waals surface area contributed by atoms with Gasteiger partial charge in [0.1, 0.15) is 5.41 Å². The van der Waals surface area contributed by atoms with Gasteiger partial charge in [-0.2, -0.15) is 0 Å². The molecule has 0 spiro atoms. The Morgan fingerprint density at radius 3 is 2.72 bits per heavy atom. The number of halogens is 1. The highest BCUT2D eigenvalue weighted by molar-refractivity contribution is 5.83. The van der Waals surface area contributed by atoms with Crippen LogP contribution in [0.2, 0.25) is 0 Å². The zero-order valence-corrected chi connectivity index (χ0v) is 14.5. The lowest BCUT2D eigenvalue weighted by atomic mass is 9.80. The van der Waals surface area contributed by atoms with Gasteiger partial charge in [-0.1, -0.05) is 19.1 Å². The standard InChI is InChI=1S/C18H24FNO5/c1-3-14(25-15-8-5-4-7-13(15)19)16(21)20-10-6-9-18(11-20,12-24-2)17(22)23/h4-5,7-8,14H,3,6,9-12H2,1-2H3,(H,22,23). The van der Waals surface area contributed by atoms with E-state index in [2.05, 4.69) is 0 Å². The van der Waals surface area contributed by atoms with E-state index in [1.807, 2.05) is 0 Å². The third-order valence-electron chi connectivity index (χ3n) is 4.51. The summed E-state index contributed by atoms with van der Waals surface area (Å²) in [5.74, 6) is -1.82. The molecule has 0 bridgehead atoms. The number of nitrogens with zero attached hydrogens (tertiary/aromatic N) is 1. The van der Waals surface area contributed by atoms with Gasteiger partial charge in [0.05, 0.1) is 6.61 Å². The van der Waals surface area contributed by atoms with Crippen LogP contribution in [-0.2, 0) is 14.3 Å². The number of carboxylic acid groups (broad SMARTS) is 1. The number of amides is 1. The smallest absolute Gasteiger partial charge is 0.313 e. The first-order valence-electron chi connectivity index (χ1n) is 8.36. The summed E-state index contributed by atoms with van der Waals surface area (Å²) in [5.41, 5.74) is -1.11. The van der Waals surface area contributed by atoms with Crippen molar-refractivity contribution in [3.05, 3.63) is 30.1 Å². The molecule has 0 aliphatic carbocycles. The lowest BCUT2D eigenvalue weighted by Crippen LogP contribution is -2.54. The summed E-state index contributed by atoms with van der Waals surface area (Å²) in [6.07, 6.45) is 0.514. The van der Waals surface area contributed by atoms with Crippen LogP contribution in [-0.4, -0.2) is 54.8 Å².